The zero-order valence-corrected chi connectivity index (χ0v) is 13.6. The van der Waals surface area contributed by atoms with Gasteiger partial charge >= 0.3 is 0 Å². The Bertz CT molecular complexity index is 529. The quantitative estimate of drug-likeness (QED) is 0.631. The lowest BCUT2D eigenvalue weighted by molar-refractivity contribution is 0.825. The summed E-state index contributed by atoms with van der Waals surface area (Å²) in [6, 6.07) is 8.58. The van der Waals surface area contributed by atoms with E-state index in [2.05, 4.69) is 59.1 Å². The standard InChI is InChI=1S/C15H21N3S2/c1-3-12-7-8-14(20-12)11-18-15(16-4-2)17-10-13-6-5-9-19-13/h5-9H,3-4,10-11H2,1-2H3,(H2,16,17,18). The van der Waals surface area contributed by atoms with E-state index in [4.69, 9.17) is 0 Å². The number of rotatable bonds is 6. The van der Waals surface area contributed by atoms with Gasteiger partial charge in [-0.3, -0.25) is 0 Å². The van der Waals surface area contributed by atoms with Gasteiger partial charge in [0.2, 0.25) is 0 Å². The fraction of sp³-hybridized carbons (Fsp3) is 0.400. The molecule has 0 amide bonds. The maximum Gasteiger partial charge on any atom is 0.191 e. The molecule has 2 aromatic rings. The molecule has 2 heterocycles. The highest BCUT2D eigenvalue weighted by molar-refractivity contribution is 7.12. The highest BCUT2D eigenvalue weighted by Gasteiger charge is 2.01. The molecule has 0 spiro atoms. The minimum atomic E-state index is 0.741. The lowest BCUT2D eigenvalue weighted by Crippen LogP contribution is -2.36. The first-order valence-electron chi connectivity index (χ1n) is 6.94. The fourth-order valence-electron chi connectivity index (χ4n) is 1.78. The molecule has 0 saturated heterocycles. The molecule has 2 aromatic heterocycles. The number of aliphatic imine (C=N–C) groups is 1. The van der Waals surface area contributed by atoms with Crippen molar-refractivity contribution >= 4 is 28.6 Å². The van der Waals surface area contributed by atoms with Crippen molar-refractivity contribution in [2.75, 3.05) is 6.54 Å². The number of nitrogens with zero attached hydrogens (tertiary/aromatic N) is 1. The average Bonchev–Trinajstić information content (AvgIpc) is 3.13. The molecule has 0 aliphatic rings. The van der Waals surface area contributed by atoms with Gasteiger partial charge in [-0.15, -0.1) is 22.7 Å². The molecule has 2 N–H and O–H groups in total. The summed E-state index contributed by atoms with van der Waals surface area (Å²) in [5.74, 6) is 0.882. The Morgan fingerprint density at radius 1 is 1.10 bits per heavy atom. The van der Waals surface area contributed by atoms with E-state index < -0.39 is 0 Å². The van der Waals surface area contributed by atoms with Gasteiger partial charge in [0.05, 0.1) is 13.1 Å². The van der Waals surface area contributed by atoms with Crippen LogP contribution in [0.1, 0.15) is 28.5 Å². The van der Waals surface area contributed by atoms with Crippen LogP contribution < -0.4 is 10.6 Å². The van der Waals surface area contributed by atoms with E-state index in [0.717, 1.165) is 32.0 Å². The molecule has 0 atom stereocenters. The molecule has 3 nitrogen and oxygen atoms in total. The fourth-order valence-corrected chi connectivity index (χ4v) is 3.31. The minimum absolute atomic E-state index is 0.741. The Balaban J connectivity index is 1.90. The van der Waals surface area contributed by atoms with Gasteiger partial charge in [-0.2, -0.15) is 0 Å². The first kappa shape index (κ1) is 15.1. The predicted octanol–water partition coefficient (Wildman–Crippen LogP) is 3.63. The van der Waals surface area contributed by atoms with Gasteiger partial charge in [-0.1, -0.05) is 13.0 Å². The third-order valence-corrected chi connectivity index (χ3v) is 4.90. The number of aryl methyl sites for hydroxylation is 1. The average molecular weight is 307 g/mol. The van der Waals surface area contributed by atoms with Crippen LogP contribution in [0, 0.1) is 0 Å². The van der Waals surface area contributed by atoms with Crippen LogP contribution in [0.2, 0.25) is 0 Å². The largest absolute Gasteiger partial charge is 0.357 e. The summed E-state index contributed by atoms with van der Waals surface area (Å²) in [5.41, 5.74) is 0. The Morgan fingerprint density at radius 2 is 1.95 bits per heavy atom. The second-order valence-corrected chi connectivity index (χ2v) is 6.63. The van der Waals surface area contributed by atoms with Crippen LogP contribution >= 0.6 is 22.7 Å². The molecule has 0 aliphatic carbocycles. The molecule has 2 rings (SSSR count). The van der Waals surface area contributed by atoms with Crippen LogP contribution in [0.5, 0.6) is 0 Å². The van der Waals surface area contributed by atoms with Crippen LogP contribution in [-0.2, 0) is 19.5 Å². The van der Waals surface area contributed by atoms with Crippen LogP contribution in [0.4, 0.5) is 0 Å². The Labute approximate surface area is 128 Å². The monoisotopic (exact) mass is 307 g/mol. The van der Waals surface area contributed by atoms with Gasteiger partial charge in [0, 0.05) is 21.2 Å². The van der Waals surface area contributed by atoms with Crippen molar-refractivity contribution < 1.29 is 0 Å². The normalized spacial score (nSPS) is 11.6. The highest BCUT2D eigenvalue weighted by Crippen LogP contribution is 2.17. The summed E-state index contributed by atoms with van der Waals surface area (Å²) in [5, 5.41) is 8.75. The molecule has 20 heavy (non-hydrogen) atoms. The zero-order valence-electron chi connectivity index (χ0n) is 12.0. The van der Waals surface area contributed by atoms with Crippen molar-refractivity contribution in [1.29, 1.82) is 0 Å². The summed E-state index contributed by atoms with van der Waals surface area (Å²) in [4.78, 5) is 8.70. The summed E-state index contributed by atoms with van der Waals surface area (Å²) >= 11 is 3.61. The van der Waals surface area contributed by atoms with Crippen molar-refractivity contribution in [3.8, 4) is 0 Å². The van der Waals surface area contributed by atoms with Gasteiger partial charge < -0.3 is 10.6 Å². The summed E-state index contributed by atoms with van der Waals surface area (Å²) < 4.78 is 0. The van der Waals surface area contributed by atoms with Gasteiger partial charge in [-0.05, 0) is 36.9 Å². The smallest absolute Gasteiger partial charge is 0.191 e. The predicted molar refractivity (Wildman–Crippen MR) is 89.7 cm³/mol. The maximum atomic E-state index is 4.64. The second kappa shape index (κ2) is 8.07. The number of thiophene rings is 2. The summed E-state index contributed by atoms with van der Waals surface area (Å²) in [7, 11) is 0. The highest BCUT2D eigenvalue weighted by atomic mass is 32.1. The number of hydrogen-bond donors (Lipinski definition) is 2. The maximum absolute atomic E-state index is 4.64. The molecule has 0 bridgehead atoms. The Kier molecular flexibility index (Phi) is 6.08. The molecule has 0 aliphatic heterocycles. The van der Waals surface area contributed by atoms with Gasteiger partial charge in [0.25, 0.3) is 0 Å². The molecule has 0 fully saturated rings. The molecular formula is C15H21N3S2. The van der Waals surface area contributed by atoms with Gasteiger partial charge in [-0.25, -0.2) is 4.99 Å². The lowest BCUT2D eigenvalue weighted by atomic mass is 10.4. The summed E-state index contributed by atoms with van der Waals surface area (Å²) in [6.45, 7) is 6.72. The molecule has 0 unspecified atom stereocenters. The third kappa shape index (κ3) is 4.65. The van der Waals surface area contributed by atoms with E-state index in [0.29, 0.717) is 0 Å². The lowest BCUT2D eigenvalue weighted by Gasteiger charge is -2.10. The van der Waals surface area contributed by atoms with Crippen molar-refractivity contribution in [3.05, 3.63) is 44.3 Å². The van der Waals surface area contributed by atoms with E-state index >= 15 is 0 Å². The van der Waals surface area contributed by atoms with Crippen molar-refractivity contribution in [3.63, 3.8) is 0 Å². The SMILES string of the molecule is CCNC(=NCc1ccc(CC)s1)NCc1cccs1. The zero-order chi connectivity index (χ0) is 14.2. The molecule has 0 radical (unpaired) electrons. The molecule has 5 heteroatoms. The molecule has 0 aromatic carbocycles. The van der Waals surface area contributed by atoms with Gasteiger partial charge in [0.1, 0.15) is 0 Å². The van der Waals surface area contributed by atoms with Gasteiger partial charge in [0.15, 0.2) is 5.96 Å². The van der Waals surface area contributed by atoms with Crippen molar-refractivity contribution in [2.45, 2.75) is 33.4 Å². The van der Waals surface area contributed by atoms with Crippen LogP contribution in [0.25, 0.3) is 0 Å². The Morgan fingerprint density at radius 3 is 2.60 bits per heavy atom. The van der Waals surface area contributed by atoms with E-state index in [1.54, 1.807) is 11.3 Å². The van der Waals surface area contributed by atoms with Crippen molar-refractivity contribution in [1.82, 2.24) is 10.6 Å². The first-order valence-corrected chi connectivity index (χ1v) is 8.63. The van der Waals surface area contributed by atoms with E-state index in [1.807, 2.05) is 11.3 Å². The third-order valence-electron chi connectivity index (χ3n) is 2.81. The number of hydrogen-bond acceptors (Lipinski definition) is 3. The Hall–Kier alpha value is -1.33. The van der Waals surface area contributed by atoms with Crippen molar-refractivity contribution in [2.24, 2.45) is 4.99 Å². The van der Waals surface area contributed by atoms with E-state index in [-0.39, 0.29) is 0 Å². The molecule has 108 valence electrons. The molecular weight excluding hydrogens is 286 g/mol. The van der Waals surface area contributed by atoms with Crippen LogP contribution in [0.15, 0.2) is 34.6 Å². The number of guanidine groups is 1. The first-order chi connectivity index (χ1) is 9.81. The van der Waals surface area contributed by atoms with E-state index in [1.165, 1.54) is 14.6 Å². The van der Waals surface area contributed by atoms with E-state index in [9.17, 15) is 0 Å². The summed E-state index contributed by atoms with van der Waals surface area (Å²) in [6.07, 6.45) is 1.10. The van der Waals surface area contributed by atoms with Crippen LogP contribution in [0.3, 0.4) is 0 Å². The minimum Gasteiger partial charge on any atom is -0.357 e. The number of nitrogens with one attached hydrogen (secondary N) is 2. The molecule has 0 saturated carbocycles. The van der Waals surface area contributed by atoms with Crippen LogP contribution in [-0.4, -0.2) is 12.5 Å². The topological polar surface area (TPSA) is 36.4 Å². The second-order valence-electron chi connectivity index (χ2n) is 4.35.